The first-order valence-corrected chi connectivity index (χ1v) is 12.1. The number of likely N-dealkylation sites (N-methyl/N-ethyl adjacent to an activating group) is 1. The predicted molar refractivity (Wildman–Crippen MR) is 127 cm³/mol. The summed E-state index contributed by atoms with van der Waals surface area (Å²) in [5, 5.41) is 10.4. The number of nitrogens with zero attached hydrogens (tertiary/aromatic N) is 3. The fraction of sp³-hybridized carbons (Fsp3) is 0.520. The van der Waals surface area contributed by atoms with Crippen LogP contribution in [-0.2, 0) is 17.9 Å². The van der Waals surface area contributed by atoms with Gasteiger partial charge in [-0.25, -0.2) is 0 Å². The molecule has 2 aliphatic rings. The maximum absolute atomic E-state index is 13.2. The van der Waals surface area contributed by atoms with E-state index < -0.39 is 5.54 Å². The molecule has 1 aromatic heterocycles. The summed E-state index contributed by atoms with van der Waals surface area (Å²) >= 11 is 0. The highest BCUT2D eigenvalue weighted by Gasteiger charge is 2.48. The van der Waals surface area contributed by atoms with Crippen molar-refractivity contribution in [2.24, 2.45) is 0 Å². The van der Waals surface area contributed by atoms with Crippen molar-refractivity contribution < 1.29 is 19.1 Å². The number of fused-ring (bicyclic) bond motifs is 1. The normalized spacial score (nSPS) is 20.2. The summed E-state index contributed by atoms with van der Waals surface area (Å²) in [5.74, 6) is -0.0600. The second-order valence-electron chi connectivity index (χ2n) is 9.11. The van der Waals surface area contributed by atoms with Crippen LogP contribution in [0, 0.1) is 0 Å². The molecule has 1 saturated carbocycles. The monoisotopic (exact) mass is 467 g/mol. The molecular weight excluding hydrogens is 434 g/mol. The summed E-state index contributed by atoms with van der Waals surface area (Å²) in [4.78, 5) is 40.8. The van der Waals surface area contributed by atoms with E-state index in [-0.39, 0.29) is 36.0 Å². The third-order valence-corrected chi connectivity index (χ3v) is 6.71. The van der Waals surface area contributed by atoms with E-state index in [1.807, 2.05) is 38.1 Å². The lowest BCUT2D eigenvalue weighted by atomic mass is 9.94. The van der Waals surface area contributed by atoms with Crippen LogP contribution < -0.4 is 15.4 Å². The maximum Gasteiger partial charge on any atom is 0.273 e. The minimum Gasteiger partial charge on any atom is -0.494 e. The highest BCUT2D eigenvalue weighted by molar-refractivity contribution is 6.01. The summed E-state index contributed by atoms with van der Waals surface area (Å²) in [7, 11) is 0. The van der Waals surface area contributed by atoms with Crippen LogP contribution in [0.5, 0.6) is 5.75 Å². The SMILES string of the molecule is CCOc1ccc(CNC(=O)c2cc3n(n2)CC(C)(C(=O)NC2CCCC2)N(CC)C3=O)cc1. The number of rotatable bonds is 8. The van der Waals surface area contributed by atoms with Crippen LogP contribution in [-0.4, -0.2) is 57.1 Å². The van der Waals surface area contributed by atoms with E-state index in [1.54, 1.807) is 11.8 Å². The minimum absolute atomic E-state index is 0.154. The third kappa shape index (κ3) is 4.64. The smallest absolute Gasteiger partial charge is 0.273 e. The Balaban J connectivity index is 1.47. The van der Waals surface area contributed by atoms with Crippen LogP contribution >= 0.6 is 0 Å². The minimum atomic E-state index is -1.07. The highest BCUT2D eigenvalue weighted by Crippen LogP contribution is 2.28. The lowest BCUT2D eigenvalue weighted by molar-refractivity contribution is -0.133. The van der Waals surface area contributed by atoms with Crippen molar-refractivity contribution in [3.63, 3.8) is 0 Å². The molecule has 2 N–H and O–H groups in total. The second-order valence-corrected chi connectivity index (χ2v) is 9.11. The van der Waals surface area contributed by atoms with E-state index in [1.165, 1.54) is 10.7 Å². The maximum atomic E-state index is 13.2. The standard InChI is InChI=1S/C25H33N5O4/c1-4-29-23(32)21-14-20(22(31)26-15-17-10-12-19(13-11-17)34-5-2)28-30(21)16-25(29,3)24(33)27-18-8-6-7-9-18/h10-14,18H,4-9,15-16H2,1-3H3,(H,26,31)(H,27,33). The number of nitrogens with one attached hydrogen (secondary N) is 2. The van der Waals surface area contributed by atoms with E-state index in [4.69, 9.17) is 4.74 Å². The summed E-state index contributed by atoms with van der Waals surface area (Å²) in [5.41, 5.74) is 0.332. The quantitative estimate of drug-likeness (QED) is 0.621. The molecule has 0 spiro atoms. The van der Waals surface area contributed by atoms with Gasteiger partial charge >= 0.3 is 0 Å². The van der Waals surface area contributed by atoms with Gasteiger partial charge in [0, 0.05) is 25.2 Å². The van der Waals surface area contributed by atoms with Crippen molar-refractivity contribution in [2.75, 3.05) is 13.2 Å². The number of hydrogen-bond acceptors (Lipinski definition) is 5. The molecule has 182 valence electrons. The first kappa shape index (κ1) is 23.8. The number of amides is 3. The van der Waals surface area contributed by atoms with E-state index >= 15 is 0 Å². The van der Waals surface area contributed by atoms with E-state index in [2.05, 4.69) is 15.7 Å². The summed E-state index contributed by atoms with van der Waals surface area (Å²) < 4.78 is 6.93. The molecular formula is C25H33N5O4. The van der Waals surface area contributed by atoms with Gasteiger partial charge in [-0.3, -0.25) is 19.1 Å². The first-order valence-electron chi connectivity index (χ1n) is 12.1. The number of benzene rings is 1. The average Bonchev–Trinajstić information content (AvgIpc) is 3.49. The van der Waals surface area contributed by atoms with Crippen LogP contribution in [0.1, 0.15) is 73.0 Å². The van der Waals surface area contributed by atoms with Gasteiger partial charge in [0.15, 0.2) is 5.69 Å². The Labute approximate surface area is 199 Å². The topological polar surface area (TPSA) is 106 Å². The molecule has 0 saturated heterocycles. The van der Waals surface area contributed by atoms with Gasteiger partial charge in [0.1, 0.15) is 17.0 Å². The summed E-state index contributed by atoms with van der Waals surface area (Å²) in [6.45, 7) is 7.06. The zero-order chi connectivity index (χ0) is 24.3. The van der Waals surface area contributed by atoms with Crippen molar-refractivity contribution in [1.29, 1.82) is 0 Å². The van der Waals surface area contributed by atoms with Gasteiger partial charge in [-0.05, 0) is 51.3 Å². The van der Waals surface area contributed by atoms with Gasteiger partial charge in [0.05, 0.1) is 13.2 Å². The molecule has 4 rings (SSSR count). The second kappa shape index (κ2) is 9.87. The van der Waals surface area contributed by atoms with Gasteiger partial charge in [0.2, 0.25) is 5.91 Å². The van der Waals surface area contributed by atoms with Crippen LogP contribution in [0.3, 0.4) is 0 Å². The van der Waals surface area contributed by atoms with Crippen molar-refractivity contribution in [2.45, 2.75) is 71.1 Å². The Morgan fingerprint density at radius 1 is 1.18 bits per heavy atom. The first-order chi connectivity index (χ1) is 16.4. The molecule has 9 nitrogen and oxygen atoms in total. The van der Waals surface area contributed by atoms with Crippen molar-refractivity contribution in [3.05, 3.63) is 47.3 Å². The summed E-state index contributed by atoms with van der Waals surface area (Å²) in [6, 6.07) is 9.15. The zero-order valence-corrected chi connectivity index (χ0v) is 20.1. The molecule has 2 heterocycles. The number of hydrogen-bond donors (Lipinski definition) is 2. The van der Waals surface area contributed by atoms with Crippen LogP contribution in [0.4, 0.5) is 0 Å². The molecule has 9 heteroatoms. The van der Waals surface area contributed by atoms with E-state index in [0.717, 1.165) is 37.0 Å². The van der Waals surface area contributed by atoms with Crippen LogP contribution in [0.15, 0.2) is 30.3 Å². The highest BCUT2D eigenvalue weighted by atomic mass is 16.5. The predicted octanol–water partition coefficient (Wildman–Crippen LogP) is 2.50. The molecule has 1 aliphatic heterocycles. The van der Waals surface area contributed by atoms with Gasteiger partial charge in [-0.1, -0.05) is 25.0 Å². The summed E-state index contributed by atoms with van der Waals surface area (Å²) in [6.07, 6.45) is 4.15. The zero-order valence-electron chi connectivity index (χ0n) is 20.1. The Bertz CT molecular complexity index is 1060. The van der Waals surface area contributed by atoms with Crippen LogP contribution in [0.2, 0.25) is 0 Å². The molecule has 1 atom stereocenters. The molecule has 1 unspecified atom stereocenters. The fourth-order valence-corrected chi connectivity index (χ4v) is 4.80. The van der Waals surface area contributed by atoms with Crippen molar-refractivity contribution in [1.82, 2.24) is 25.3 Å². The molecule has 1 fully saturated rings. The number of carbonyl (C=O) groups excluding carboxylic acids is 3. The van der Waals surface area contributed by atoms with Gasteiger partial charge in [-0.2, -0.15) is 5.10 Å². The van der Waals surface area contributed by atoms with Crippen molar-refractivity contribution >= 4 is 17.7 Å². The number of aromatic nitrogens is 2. The Morgan fingerprint density at radius 2 is 1.88 bits per heavy atom. The van der Waals surface area contributed by atoms with E-state index in [9.17, 15) is 14.4 Å². The van der Waals surface area contributed by atoms with Crippen LogP contribution in [0.25, 0.3) is 0 Å². The number of carbonyl (C=O) groups is 3. The number of ether oxygens (including phenoxy) is 1. The molecule has 34 heavy (non-hydrogen) atoms. The molecule has 2 aromatic rings. The molecule has 1 aromatic carbocycles. The molecule has 3 amide bonds. The fourth-order valence-electron chi connectivity index (χ4n) is 4.80. The van der Waals surface area contributed by atoms with E-state index in [0.29, 0.717) is 25.4 Å². The third-order valence-electron chi connectivity index (χ3n) is 6.71. The Kier molecular flexibility index (Phi) is 6.90. The van der Waals surface area contributed by atoms with Gasteiger partial charge < -0.3 is 20.3 Å². The molecule has 1 aliphatic carbocycles. The lowest BCUT2D eigenvalue weighted by Crippen LogP contribution is -2.64. The lowest BCUT2D eigenvalue weighted by Gasteiger charge is -2.43. The Morgan fingerprint density at radius 3 is 2.53 bits per heavy atom. The van der Waals surface area contributed by atoms with Crippen molar-refractivity contribution in [3.8, 4) is 5.75 Å². The van der Waals surface area contributed by atoms with Gasteiger partial charge in [0.25, 0.3) is 11.8 Å². The average molecular weight is 468 g/mol. The molecule has 0 bridgehead atoms. The largest absolute Gasteiger partial charge is 0.494 e. The van der Waals surface area contributed by atoms with Gasteiger partial charge in [-0.15, -0.1) is 0 Å². The Hall–Kier alpha value is -3.36. The molecule has 0 radical (unpaired) electrons.